The van der Waals surface area contributed by atoms with E-state index in [1.165, 1.54) is 6.92 Å². The third kappa shape index (κ3) is 2.20. The van der Waals surface area contributed by atoms with Crippen molar-refractivity contribution in [1.82, 2.24) is 0 Å². The molecular weight excluding hydrogens is 237 g/mol. The SMILES string of the molecule is CC(=O)OCCCC1(F)C(=O)Nc2ccccc21. The molecule has 0 aliphatic carbocycles. The van der Waals surface area contributed by atoms with Gasteiger partial charge in [0, 0.05) is 18.2 Å². The number of carbonyl (C=O) groups is 2. The summed E-state index contributed by atoms with van der Waals surface area (Å²) in [7, 11) is 0. The van der Waals surface area contributed by atoms with E-state index in [9.17, 15) is 14.0 Å². The fourth-order valence-electron chi connectivity index (χ4n) is 2.06. The lowest BCUT2D eigenvalue weighted by molar-refractivity contribution is -0.141. The van der Waals surface area contributed by atoms with Crippen molar-refractivity contribution in [2.24, 2.45) is 0 Å². The van der Waals surface area contributed by atoms with E-state index in [0.717, 1.165) is 0 Å². The summed E-state index contributed by atoms with van der Waals surface area (Å²) in [4.78, 5) is 22.3. The second kappa shape index (κ2) is 4.76. The number of alkyl halides is 1. The molecule has 1 heterocycles. The topological polar surface area (TPSA) is 55.4 Å². The lowest BCUT2D eigenvalue weighted by atomic mass is 9.92. The Kier molecular flexibility index (Phi) is 3.32. The van der Waals surface area contributed by atoms with Crippen molar-refractivity contribution in [1.29, 1.82) is 0 Å². The number of amides is 1. The van der Waals surface area contributed by atoms with Crippen LogP contribution in [0.15, 0.2) is 24.3 Å². The number of carbonyl (C=O) groups excluding carboxylic acids is 2. The predicted molar refractivity (Wildman–Crippen MR) is 63.7 cm³/mol. The highest BCUT2D eigenvalue weighted by Gasteiger charge is 2.46. The van der Waals surface area contributed by atoms with E-state index in [-0.39, 0.29) is 13.0 Å². The van der Waals surface area contributed by atoms with Gasteiger partial charge in [0.2, 0.25) is 5.67 Å². The van der Waals surface area contributed by atoms with Crippen LogP contribution in [0, 0.1) is 0 Å². The Morgan fingerprint density at radius 1 is 1.44 bits per heavy atom. The van der Waals surface area contributed by atoms with Crippen LogP contribution in [0.5, 0.6) is 0 Å². The summed E-state index contributed by atoms with van der Waals surface area (Å²) >= 11 is 0. The summed E-state index contributed by atoms with van der Waals surface area (Å²) in [5, 5.41) is 2.52. The zero-order chi connectivity index (χ0) is 13.2. The number of benzene rings is 1. The van der Waals surface area contributed by atoms with Crippen LogP contribution < -0.4 is 5.32 Å². The van der Waals surface area contributed by atoms with Crippen molar-refractivity contribution < 1.29 is 18.7 Å². The molecule has 0 bridgehead atoms. The van der Waals surface area contributed by atoms with Gasteiger partial charge >= 0.3 is 5.97 Å². The molecular formula is C13H14FNO3. The van der Waals surface area contributed by atoms with Gasteiger partial charge in [-0.2, -0.15) is 0 Å². The Labute approximate surface area is 104 Å². The predicted octanol–water partition coefficient (Wildman–Crippen LogP) is 2.15. The molecule has 1 N–H and O–H groups in total. The van der Waals surface area contributed by atoms with E-state index >= 15 is 0 Å². The quantitative estimate of drug-likeness (QED) is 0.659. The molecule has 1 aromatic carbocycles. The van der Waals surface area contributed by atoms with Crippen LogP contribution in [0.4, 0.5) is 10.1 Å². The Morgan fingerprint density at radius 2 is 2.17 bits per heavy atom. The fraction of sp³-hybridized carbons (Fsp3) is 0.385. The highest BCUT2D eigenvalue weighted by molar-refractivity contribution is 6.04. The standard InChI is InChI=1S/C13H14FNO3/c1-9(16)18-8-4-7-13(14)10-5-2-3-6-11(10)15-12(13)17/h2-3,5-6H,4,7-8H2,1H3,(H,15,17). The van der Waals surface area contributed by atoms with Gasteiger partial charge < -0.3 is 10.1 Å². The van der Waals surface area contributed by atoms with Crippen LogP contribution in [-0.4, -0.2) is 18.5 Å². The van der Waals surface area contributed by atoms with E-state index in [1.807, 2.05) is 0 Å². The number of nitrogens with one attached hydrogen (secondary N) is 1. The molecule has 0 fully saturated rings. The number of para-hydroxylation sites is 1. The summed E-state index contributed by atoms with van der Waals surface area (Å²) in [5.41, 5.74) is -1.15. The van der Waals surface area contributed by atoms with Gasteiger partial charge in [0.05, 0.1) is 6.61 Å². The molecule has 0 aromatic heterocycles. The van der Waals surface area contributed by atoms with Gasteiger partial charge in [-0.1, -0.05) is 18.2 Å². The first-order valence-corrected chi connectivity index (χ1v) is 5.77. The number of rotatable bonds is 4. The minimum Gasteiger partial charge on any atom is -0.466 e. The smallest absolute Gasteiger partial charge is 0.302 e. The van der Waals surface area contributed by atoms with Gasteiger partial charge in [-0.15, -0.1) is 0 Å². The van der Waals surface area contributed by atoms with Crippen LogP contribution in [0.3, 0.4) is 0 Å². The zero-order valence-electron chi connectivity index (χ0n) is 10.0. The lowest BCUT2D eigenvalue weighted by Crippen LogP contribution is -2.29. The summed E-state index contributed by atoms with van der Waals surface area (Å²) in [6.07, 6.45) is 0.307. The third-order valence-corrected chi connectivity index (χ3v) is 2.93. The van der Waals surface area contributed by atoms with Crippen molar-refractivity contribution in [2.75, 3.05) is 11.9 Å². The molecule has 0 spiro atoms. The minimum atomic E-state index is -2.02. The number of esters is 1. The van der Waals surface area contributed by atoms with E-state index < -0.39 is 17.5 Å². The Hall–Kier alpha value is -1.91. The molecule has 0 saturated carbocycles. The van der Waals surface area contributed by atoms with Crippen molar-refractivity contribution in [2.45, 2.75) is 25.4 Å². The molecule has 5 heteroatoms. The Bertz CT molecular complexity index is 489. The van der Waals surface area contributed by atoms with Gasteiger partial charge in [0.25, 0.3) is 5.91 Å². The first kappa shape index (κ1) is 12.5. The molecule has 96 valence electrons. The lowest BCUT2D eigenvalue weighted by Gasteiger charge is -2.17. The number of hydrogen-bond acceptors (Lipinski definition) is 3. The van der Waals surface area contributed by atoms with Gasteiger partial charge in [-0.05, 0) is 18.9 Å². The Morgan fingerprint density at radius 3 is 2.89 bits per heavy atom. The first-order chi connectivity index (χ1) is 8.54. The number of halogens is 1. The summed E-state index contributed by atoms with van der Waals surface area (Å²) in [6, 6.07) is 6.70. The van der Waals surface area contributed by atoms with Crippen LogP contribution in [0.1, 0.15) is 25.3 Å². The van der Waals surface area contributed by atoms with Gasteiger partial charge in [-0.25, -0.2) is 4.39 Å². The van der Waals surface area contributed by atoms with E-state index in [0.29, 0.717) is 17.7 Å². The molecule has 18 heavy (non-hydrogen) atoms. The summed E-state index contributed by atoms with van der Waals surface area (Å²) < 4.78 is 19.4. The van der Waals surface area contributed by atoms with Crippen LogP contribution >= 0.6 is 0 Å². The van der Waals surface area contributed by atoms with Crippen LogP contribution in [0.25, 0.3) is 0 Å². The summed E-state index contributed by atoms with van der Waals surface area (Å²) in [5.74, 6) is -1.05. The molecule has 2 rings (SSSR count). The molecule has 0 radical (unpaired) electrons. The molecule has 0 saturated heterocycles. The minimum absolute atomic E-state index is 0.00310. The highest BCUT2D eigenvalue weighted by atomic mass is 19.1. The maximum atomic E-state index is 14.7. The number of anilines is 1. The largest absolute Gasteiger partial charge is 0.466 e. The number of fused-ring (bicyclic) bond motifs is 1. The molecule has 1 unspecified atom stereocenters. The highest BCUT2D eigenvalue weighted by Crippen LogP contribution is 2.42. The van der Waals surface area contributed by atoms with Gasteiger partial charge in [0.1, 0.15) is 0 Å². The molecule has 4 nitrogen and oxygen atoms in total. The van der Waals surface area contributed by atoms with Crippen LogP contribution in [-0.2, 0) is 20.0 Å². The number of ether oxygens (including phenoxy) is 1. The van der Waals surface area contributed by atoms with E-state index in [2.05, 4.69) is 5.32 Å². The maximum absolute atomic E-state index is 14.7. The average molecular weight is 251 g/mol. The van der Waals surface area contributed by atoms with Crippen molar-refractivity contribution in [3.8, 4) is 0 Å². The maximum Gasteiger partial charge on any atom is 0.302 e. The average Bonchev–Trinajstić information content (AvgIpc) is 2.58. The fourth-order valence-corrected chi connectivity index (χ4v) is 2.06. The molecule has 1 atom stereocenters. The van der Waals surface area contributed by atoms with Crippen molar-refractivity contribution in [3.63, 3.8) is 0 Å². The molecule has 1 aliphatic heterocycles. The molecule has 1 aliphatic rings. The van der Waals surface area contributed by atoms with E-state index in [4.69, 9.17) is 4.74 Å². The number of hydrogen-bond donors (Lipinski definition) is 1. The van der Waals surface area contributed by atoms with Gasteiger partial charge in [-0.3, -0.25) is 9.59 Å². The van der Waals surface area contributed by atoms with Crippen molar-refractivity contribution >= 4 is 17.6 Å². The molecule has 1 amide bonds. The monoisotopic (exact) mass is 251 g/mol. The Balaban J connectivity index is 2.06. The second-order valence-electron chi connectivity index (χ2n) is 4.24. The normalized spacial score (nSPS) is 21.3. The second-order valence-corrected chi connectivity index (χ2v) is 4.24. The van der Waals surface area contributed by atoms with Gasteiger partial charge in [0.15, 0.2) is 0 Å². The van der Waals surface area contributed by atoms with Crippen molar-refractivity contribution in [3.05, 3.63) is 29.8 Å². The first-order valence-electron chi connectivity index (χ1n) is 5.77. The van der Waals surface area contributed by atoms with E-state index in [1.54, 1.807) is 24.3 Å². The molecule has 1 aromatic rings. The third-order valence-electron chi connectivity index (χ3n) is 2.93. The van der Waals surface area contributed by atoms with Crippen LogP contribution in [0.2, 0.25) is 0 Å². The zero-order valence-corrected chi connectivity index (χ0v) is 10.0. The summed E-state index contributed by atoms with van der Waals surface area (Å²) in [6.45, 7) is 1.42.